The van der Waals surface area contributed by atoms with Gasteiger partial charge in [0.15, 0.2) is 9.84 Å². The van der Waals surface area contributed by atoms with Crippen LogP contribution in [0.3, 0.4) is 0 Å². The van der Waals surface area contributed by atoms with Crippen LogP contribution in [0.15, 0.2) is 30.3 Å². The van der Waals surface area contributed by atoms with E-state index in [2.05, 4.69) is 10.6 Å². The molecule has 3 rings (SSSR count). The van der Waals surface area contributed by atoms with Crippen molar-refractivity contribution >= 4 is 21.7 Å². The Morgan fingerprint density at radius 2 is 1.83 bits per heavy atom. The standard InChI is InChI=1S/C16H20N2O4S/c19-14(17-10-12-4-2-1-3-5-12)16(7-8-16)15(20)18-13-6-9-23(21,22)11-13/h1-5,13H,6-11H2,(H,17,19)(H,18,20). The number of benzene rings is 1. The molecular formula is C16H20N2O4S. The molecule has 2 amide bonds. The lowest BCUT2D eigenvalue weighted by atomic mass is 10.0. The number of rotatable bonds is 5. The van der Waals surface area contributed by atoms with Crippen LogP contribution in [-0.4, -0.2) is 37.8 Å². The summed E-state index contributed by atoms with van der Waals surface area (Å²) >= 11 is 0. The van der Waals surface area contributed by atoms with Crippen molar-refractivity contribution in [3.05, 3.63) is 35.9 Å². The van der Waals surface area contributed by atoms with E-state index in [1.54, 1.807) is 0 Å². The molecule has 1 heterocycles. The van der Waals surface area contributed by atoms with Crippen LogP contribution in [0.1, 0.15) is 24.8 Å². The van der Waals surface area contributed by atoms with Gasteiger partial charge in [-0.2, -0.15) is 0 Å². The summed E-state index contributed by atoms with van der Waals surface area (Å²) in [5, 5.41) is 5.54. The Morgan fingerprint density at radius 1 is 1.13 bits per heavy atom. The van der Waals surface area contributed by atoms with Gasteiger partial charge in [0.2, 0.25) is 11.8 Å². The Bertz CT molecular complexity index is 711. The topological polar surface area (TPSA) is 92.3 Å². The minimum atomic E-state index is -3.05. The van der Waals surface area contributed by atoms with E-state index in [9.17, 15) is 18.0 Å². The summed E-state index contributed by atoms with van der Waals surface area (Å²) in [6.07, 6.45) is 1.45. The molecule has 6 nitrogen and oxygen atoms in total. The molecule has 1 saturated heterocycles. The van der Waals surface area contributed by atoms with E-state index in [1.165, 1.54) is 0 Å². The molecule has 124 valence electrons. The van der Waals surface area contributed by atoms with E-state index in [0.29, 0.717) is 25.8 Å². The van der Waals surface area contributed by atoms with Gasteiger partial charge in [0.25, 0.3) is 0 Å². The predicted octanol–water partition coefficient (Wildman–Crippen LogP) is 0.386. The van der Waals surface area contributed by atoms with Crippen LogP contribution in [0.5, 0.6) is 0 Å². The third-order valence-electron chi connectivity index (χ3n) is 4.48. The maximum atomic E-state index is 12.4. The molecule has 1 aromatic carbocycles. The van der Waals surface area contributed by atoms with Gasteiger partial charge < -0.3 is 10.6 Å². The molecular weight excluding hydrogens is 316 g/mol. The number of amides is 2. The van der Waals surface area contributed by atoms with E-state index >= 15 is 0 Å². The zero-order valence-corrected chi connectivity index (χ0v) is 13.6. The molecule has 7 heteroatoms. The molecule has 2 N–H and O–H groups in total. The normalized spacial score (nSPS) is 23.9. The van der Waals surface area contributed by atoms with Crippen molar-refractivity contribution in [2.45, 2.75) is 31.8 Å². The molecule has 1 aliphatic carbocycles. The van der Waals surface area contributed by atoms with Crippen molar-refractivity contribution in [1.29, 1.82) is 0 Å². The molecule has 0 spiro atoms. The Morgan fingerprint density at radius 3 is 2.39 bits per heavy atom. The number of hydrogen-bond acceptors (Lipinski definition) is 4. The van der Waals surface area contributed by atoms with E-state index in [-0.39, 0.29) is 29.4 Å². The van der Waals surface area contributed by atoms with Crippen LogP contribution >= 0.6 is 0 Å². The number of sulfone groups is 1. The quantitative estimate of drug-likeness (QED) is 0.761. The van der Waals surface area contributed by atoms with Gasteiger partial charge in [-0.15, -0.1) is 0 Å². The lowest BCUT2D eigenvalue weighted by molar-refractivity contribution is -0.137. The first-order valence-corrected chi connectivity index (χ1v) is 9.57. The molecule has 2 fully saturated rings. The second-order valence-electron chi connectivity index (χ2n) is 6.32. The summed E-state index contributed by atoms with van der Waals surface area (Å²) in [6, 6.07) is 9.12. The highest BCUT2D eigenvalue weighted by molar-refractivity contribution is 7.91. The molecule has 2 aliphatic rings. The van der Waals surface area contributed by atoms with Crippen LogP contribution in [0.4, 0.5) is 0 Å². The fourth-order valence-corrected chi connectivity index (χ4v) is 4.54. The molecule has 0 bridgehead atoms. The van der Waals surface area contributed by atoms with Gasteiger partial charge >= 0.3 is 0 Å². The molecule has 1 atom stereocenters. The minimum absolute atomic E-state index is 0.0273. The fourth-order valence-electron chi connectivity index (χ4n) is 2.86. The molecule has 23 heavy (non-hydrogen) atoms. The predicted molar refractivity (Wildman–Crippen MR) is 85.2 cm³/mol. The third kappa shape index (κ3) is 3.55. The summed E-state index contributed by atoms with van der Waals surface area (Å²) in [4.78, 5) is 24.7. The highest BCUT2D eigenvalue weighted by Crippen LogP contribution is 2.46. The van der Waals surface area contributed by atoms with Crippen LogP contribution in [-0.2, 0) is 26.0 Å². The highest BCUT2D eigenvalue weighted by Gasteiger charge is 2.56. The zero-order chi connectivity index (χ0) is 16.5. The van der Waals surface area contributed by atoms with Gasteiger partial charge in [0.1, 0.15) is 5.41 Å². The maximum Gasteiger partial charge on any atom is 0.235 e. The average molecular weight is 336 g/mol. The van der Waals surface area contributed by atoms with Gasteiger partial charge in [0.05, 0.1) is 11.5 Å². The monoisotopic (exact) mass is 336 g/mol. The van der Waals surface area contributed by atoms with Crippen molar-refractivity contribution < 1.29 is 18.0 Å². The van der Waals surface area contributed by atoms with Crippen LogP contribution in [0.25, 0.3) is 0 Å². The first-order valence-electron chi connectivity index (χ1n) is 7.75. The molecule has 1 saturated carbocycles. The second kappa shape index (κ2) is 5.96. The maximum absolute atomic E-state index is 12.4. The summed E-state index contributed by atoms with van der Waals surface area (Å²) < 4.78 is 22.9. The van der Waals surface area contributed by atoms with Crippen molar-refractivity contribution in [3.8, 4) is 0 Å². The second-order valence-corrected chi connectivity index (χ2v) is 8.55. The van der Waals surface area contributed by atoms with Crippen LogP contribution in [0.2, 0.25) is 0 Å². The Balaban J connectivity index is 1.56. The number of carbonyl (C=O) groups excluding carboxylic acids is 2. The molecule has 0 radical (unpaired) electrons. The van der Waals surface area contributed by atoms with Crippen molar-refractivity contribution in [3.63, 3.8) is 0 Å². The van der Waals surface area contributed by atoms with E-state index < -0.39 is 15.3 Å². The molecule has 1 aromatic rings. The largest absolute Gasteiger partial charge is 0.351 e. The number of nitrogens with one attached hydrogen (secondary N) is 2. The molecule has 0 aromatic heterocycles. The SMILES string of the molecule is O=C(NCc1ccccc1)C1(C(=O)NC2CCS(=O)(=O)C2)CC1. The van der Waals surface area contributed by atoms with Gasteiger partial charge in [-0.3, -0.25) is 9.59 Å². The first kappa shape index (κ1) is 16.0. The number of carbonyl (C=O) groups is 2. The summed E-state index contributed by atoms with van der Waals surface area (Å²) in [6.45, 7) is 0.381. The Labute approximate surface area is 135 Å². The van der Waals surface area contributed by atoms with Gasteiger partial charge in [-0.25, -0.2) is 8.42 Å². The van der Waals surface area contributed by atoms with Gasteiger partial charge in [-0.05, 0) is 24.8 Å². The van der Waals surface area contributed by atoms with Gasteiger partial charge in [-0.1, -0.05) is 30.3 Å². The van der Waals surface area contributed by atoms with E-state index in [0.717, 1.165) is 5.56 Å². The summed E-state index contributed by atoms with van der Waals surface area (Å²) in [7, 11) is -3.05. The number of hydrogen-bond donors (Lipinski definition) is 2. The Hall–Kier alpha value is -1.89. The summed E-state index contributed by atoms with van der Waals surface area (Å²) in [5.41, 5.74) is -0.0415. The van der Waals surface area contributed by atoms with E-state index in [1.807, 2.05) is 30.3 Å². The van der Waals surface area contributed by atoms with Crippen molar-refractivity contribution in [2.75, 3.05) is 11.5 Å². The smallest absolute Gasteiger partial charge is 0.235 e. The Kier molecular flexibility index (Phi) is 4.14. The lowest BCUT2D eigenvalue weighted by Gasteiger charge is -2.18. The summed E-state index contributed by atoms with van der Waals surface area (Å²) in [5.74, 6) is -0.545. The van der Waals surface area contributed by atoms with Crippen LogP contribution in [0, 0.1) is 5.41 Å². The van der Waals surface area contributed by atoms with Crippen LogP contribution < -0.4 is 10.6 Å². The van der Waals surface area contributed by atoms with Crippen molar-refractivity contribution in [1.82, 2.24) is 10.6 Å². The average Bonchev–Trinajstić information content (AvgIpc) is 3.27. The molecule has 1 unspecified atom stereocenters. The van der Waals surface area contributed by atoms with E-state index in [4.69, 9.17) is 0 Å². The lowest BCUT2D eigenvalue weighted by Crippen LogP contribution is -2.46. The van der Waals surface area contributed by atoms with Crippen molar-refractivity contribution in [2.24, 2.45) is 5.41 Å². The first-order chi connectivity index (χ1) is 10.9. The highest BCUT2D eigenvalue weighted by atomic mass is 32.2. The fraction of sp³-hybridized carbons (Fsp3) is 0.500. The minimum Gasteiger partial charge on any atom is -0.351 e. The van der Waals surface area contributed by atoms with Gasteiger partial charge in [0, 0.05) is 12.6 Å². The zero-order valence-electron chi connectivity index (χ0n) is 12.7. The third-order valence-corrected chi connectivity index (χ3v) is 6.25. The molecule has 1 aliphatic heterocycles.